The van der Waals surface area contributed by atoms with E-state index in [1.54, 1.807) is 48.1 Å². The van der Waals surface area contributed by atoms with Gasteiger partial charge in [0.2, 0.25) is 23.6 Å². The zero-order valence-electron chi connectivity index (χ0n) is 35.1. The number of hydrogen-bond acceptors (Lipinski definition) is 20. The minimum absolute atomic E-state index is 0. The summed E-state index contributed by atoms with van der Waals surface area (Å²) in [5.74, 6) is -2.01. The van der Waals surface area contributed by atoms with Crippen LogP contribution >= 0.6 is 77.4 Å². The fourth-order valence-corrected chi connectivity index (χ4v) is 9.58. The summed E-state index contributed by atoms with van der Waals surface area (Å²) in [4.78, 5) is 111. The maximum Gasteiger partial charge on any atom is 0.334 e. The van der Waals surface area contributed by atoms with Gasteiger partial charge in [0.15, 0.2) is 0 Å². The van der Waals surface area contributed by atoms with E-state index in [1.165, 1.54) is 64.1 Å². The molecule has 1 saturated heterocycles. The molecule has 3 rings (SSSR count). The van der Waals surface area contributed by atoms with E-state index in [-0.39, 0.29) is 76.7 Å². The molecule has 0 bridgehead atoms. The molecule has 0 radical (unpaired) electrons. The van der Waals surface area contributed by atoms with Gasteiger partial charge in [-0.3, -0.25) is 28.8 Å². The van der Waals surface area contributed by atoms with Gasteiger partial charge >= 0.3 is 17.9 Å². The number of nitrogens with zero attached hydrogens (tertiary/aromatic N) is 3. The molecule has 1 fully saturated rings. The van der Waals surface area contributed by atoms with E-state index in [4.69, 9.17) is 15.1 Å². The first-order chi connectivity index (χ1) is 30.0. The number of pyridine rings is 2. The lowest BCUT2D eigenvalue weighted by Gasteiger charge is -2.12. The topological polar surface area (TPSA) is 306 Å². The zero-order valence-corrected chi connectivity index (χ0v) is 40.9. The second-order valence-electron chi connectivity index (χ2n) is 11.3. The molecule has 8 N–H and O–H groups in total. The number of carbonyl (C=O) groups is 9. The van der Waals surface area contributed by atoms with Gasteiger partial charge in [-0.15, -0.1) is 5.06 Å². The van der Waals surface area contributed by atoms with Gasteiger partial charge in [0.25, 0.3) is 11.8 Å². The average Bonchev–Trinajstić information content (AvgIpc) is 3.58. The Labute approximate surface area is 417 Å². The molecule has 2 aromatic heterocycles. The Bertz CT molecular complexity index is 1680. The van der Waals surface area contributed by atoms with E-state index < -0.39 is 41.8 Å². The van der Waals surface area contributed by atoms with Crippen molar-refractivity contribution < 1.29 is 58.2 Å². The van der Waals surface area contributed by atoms with Crippen molar-refractivity contribution in [3.8, 4) is 0 Å². The van der Waals surface area contributed by atoms with Gasteiger partial charge in [-0.25, -0.2) is 24.4 Å². The quantitative estimate of drug-likeness (QED) is 0.0338. The molecule has 6 amide bonds. The molecule has 1 aliphatic rings. The Kier molecular flexibility index (Phi) is 49.9. The van der Waals surface area contributed by atoms with Crippen molar-refractivity contribution in [1.29, 1.82) is 0 Å². The molecule has 2 atom stereocenters. The molecular formula is C39H66N8O12S7. The predicted octanol–water partition coefficient (Wildman–Crippen LogP) is 4.86. The third kappa shape index (κ3) is 39.3. The standard InChI is InChI=1S/C12H12N2O4S2.C9H16N2O4S2.C9H12N2OS2.C5H9NO3S.CH5N.3CH4/c15-10-4-5-11(16)14(10)18-12(17)6-8-19-20-9-3-1-2-7-13-9;1-6(12)11-7(9(14)15)5-17-16-4-3-8(13)10-2;1-10-8(12)5-7-13-14-9-4-2-3-6-11-9;1-3(7)6-4(2-10)5(8)9;1-2;;;/h1-3,7H,4-6,8H2;7H,3-5H2,1-2H3,(H,10,13)(H,11,12)(H,14,15);2-4,6H,5,7H2,1H3,(H,10,12);4,10H,2H2,1H3,(H,6,7)(H,8,9);2H2,1H3;3*1H4. The van der Waals surface area contributed by atoms with Crippen LogP contribution in [0.25, 0.3) is 0 Å². The van der Waals surface area contributed by atoms with Gasteiger partial charge < -0.3 is 42.1 Å². The number of nitrogens with two attached hydrogens (primary N) is 1. The maximum atomic E-state index is 11.5. The minimum Gasteiger partial charge on any atom is -0.480 e. The molecular weight excluding hydrogens is 997 g/mol. The highest BCUT2D eigenvalue weighted by atomic mass is 33.1. The monoisotopic (exact) mass is 1060 g/mol. The number of aromatic nitrogens is 2. The van der Waals surface area contributed by atoms with Crippen LogP contribution in [0.15, 0.2) is 58.8 Å². The van der Waals surface area contributed by atoms with E-state index >= 15 is 0 Å². The third-order valence-electron chi connectivity index (χ3n) is 6.39. The van der Waals surface area contributed by atoms with Crippen LogP contribution < -0.4 is 27.0 Å². The van der Waals surface area contributed by atoms with Crippen molar-refractivity contribution in [2.24, 2.45) is 5.73 Å². The Morgan fingerprint density at radius 3 is 1.45 bits per heavy atom. The molecule has 0 aromatic carbocycles. The lowest BCUT2D eigenvalue weighted by atomic mass is 10.3. The SMILES string of the molecule is C.C.C.CC(=O)NC(CS)C(=O)O.CN.CNC(=O)CCSSCC(NC(C)=O)C(=O)O.CNC(=O)CCSSc1ccccn1.O=C(CCSSc1ccccn1)ON1C(=O)CCC1=O. The number of amides is 6. The van der Waals surface area contributed by atoms with Crippen LogP contribution in [-0.2, 0) is 48.0 Å². The molecule has 20 nitrogen and oxygen atoms in total. The van der Waals surface area contributed by atoms with E-state index in [0.29, 0.717) is 29.4 Å². The molecule has 1 aliphatic heterocycles. The number of hydrogen-bond donors (Lipinski definition) is 8. The molecule has 3 heterocycles. The highest BCUT2D eigenvalue weighted by molar-refractivity contribution is 8.77. The second kappa shape index (κ2) is 46.3. The zero-order chi connectivity index (χ0) is 48.0. The maximum absolute atomic E-state index is 11.5. The Hall–Kier alpha value is -3.86. The van der Waals surface area contributed by atoms with Crippen molar-refractivity contribution >= 4 is 131 Å². The average molecular weight is 1060 g/mol. The van der Waals surface area contributed by atoms with Crippen LogP contribution in [0.3, 0.4) is 0 Å². The molecule has 66 heavy (non-hydrogen) atoms. The largest absolute Gasteiger partial charge is 0.480 e. The smallest absolute Gasteiger partial charge is 0.334 e. The van der Waals surface area contributed by atoms with E-state index in [0.717, 1.165) is 15.8 Å². The predicted molar refractivity (Wildman–Crippen MR) is 274 cm³/mol. The number of imide groups is 1. The molecule has 376 valence electrons. The normalized spacial score (nSPS) is 11.5. The van der Waals surface area contributed by atoms with Crippen molar-refractivity contribution in [3.05, 3.63) is 48.8 Å². The first-order valence-electron chi connectivity index (χ1n) is 18.4. The Morgan fingerprint density at radius 1 is 0.697 bits per heavy atom. The molecule has 27 heteroatoms. The Morgan fingerprint density at radius 2 is 1.11 bits per heavy atom. The van der Waals surface area contributed by atoms with Crippen LogP contribution in [0.4, 0.5) is 0 Å². The van der Waals surface area contributed by atoms with Crippen LogP contribution in [-0.4, -0.2) is 141 Å². The van der Waals surface area contributed by atoms with Gasteiger partial charge in [-0.1, -0.05) is 77.6 Å². The number of aliphatic carboxylic acids is 2. The van der Waals surface area contributed by atoms with Crippen LogP contribution in [0.5, 0.6) is 0 Å². The number of carbonyl (C=O) groups excluding carboxylic acids is 7. The fourth-order valence-electron chi connectivity index (χ4n) is 3.47. The van der Waals surface area contributed by atoms with Crippen molar-refractivity contribution in [1.82, 2.24) is 36.3 Å². The van der Waals surface area contributed by atoms with Gasteiger partial charge in [0.1, 0.15) is 22.1 Å². The van der Waals surface area contributed by atoms with E-state index in [1.807, 2.05) is 36.4 Å². The summed E-state index contributed by atoms with van der Waals surface area (Å²) in [5.41, 5.74) is 4.50. The first-order valence-corrected chi connectivity index (χ1v) is 26.1. The number of carboxylic acids is 2. The van der Waals surface area contributed by atoms with Crippen LogP contribution in [0.2, 0.25) is 0 Å². The summed E-state index contributed by atoms with van der Waals surface area (Å²) in [6.07, 6.45) is 4.75. The van der Waals surface area contributed by atoms with E-state index in [2.05, 4.69) is 49.6 Å². The summed E-state index contributed by atoms with van der Waals surface area (Å²) >= 11 is 3.73. The summed E-state index contributed by atoms with van der Waals surface area (Å²) in [7, 11) is 13.6. The van der Waals surface area contributed by atoms with E-state index in [9.17, 15) is 43.2 Å². The van der Waals surface area contributed by atoms with Crippen molar-refractivity contribution in [3.63, 3.8) is 0 Å². The highest BCUT2D eigenvalue weighted by Gasteiger charge is 2.32. The number of rotatable bonds is 22. The molecule has 0 aliphatic carbocycles. The fraction of sp³-hybridized carbons (Fsp3) is 0.513. The highest BCUT2D eigenvalue weighted by Crippen LogP contribution is 2.30. The number of nitrogens with one attached hydrogen (secondary N) is 4. The number of hydroxylamine groups is 2. The van der Waals surface area contributed by atoms with Crippen molar-refractivity contribution in [2.75, 3.05) is 49.9 Å². The minimum atomic E-state index is -1.06. The molecule has 2 aromatic rings. The van der Waals surface area contributed by atoms with Gasteiger partial charge in [0.05, 0.1) is 6.42 Å². The summed E-state index contributed by atoms with van der Waals surface area (Å²) < 4.78 is 0. The number of thiol groups is 1. The van der Waals surface area contributed by atoms with Crippen molar-refractivity contribution in [2.45, 2.75) is 90.4 Å². The molecule has 0 spiro atoms. The van der Waals surface area contributed by atoms with Gasteiger partial charge in [-0.05, 0) is 52.9 Å². The van der Waals surface area contributed by atoms with Crippen LogP contribution in [0.1, 0.15) is 68.2 Å². The Balaban J connectivity index is -0.000000250. The van der Waals surface area contributed by atoms with Crippen LogP contribution in [0, 0.1) is 0 Å². The summed E-state index contributed by atoms with van der Waals surface area (Å²) in [5, 5.41) is 29.2. The molecule has 0 saturated carbocycles. The first kappa shape index (κ1) is 71.1. The number of carboxylic acid groups (broad SMARTS) is 2. The lowest BCUT2D eigenvalue weighted by Crippen LogP contribution is -2.41. The third-order valence-corrected chi connectivity index (χ3v) is 13.7. The summed E-state index contributed by atoms with van der Waals surface area (Å²) in [6, 6.07) is 9.62. The van der Waals surface area contributed by atoms with Gasteiger partial charge in [-0.2, -0.15) is 12.6 Å². The van der Waals surface area contributed by atoms with Gasteiger partial charge in [0, 0.05) is 94.8 Å². The lowest BCUT2D eigenvalue weighted by molar-refractivity contribution is -0.197. The molecule has 2 unspecified atom stereocenters. The summed E-state index contributed by atoms with van der Waals surface area (Å²) in [6.45, 7) is 2.54. The second-order valence-corrected chi connectivity index (χ2v) is 19.1.